The first kappa shape index (κ1) is 19.1. The Morgan fingerprint density at radius 1 is 1.08 bits per heavy atom. The summed E-state index contributed by atoms with van der Waals surface area (Å²) in [5, 5.41) is 3.08. The number of nitrogens with one attached hydrogen (secondary N) is 1. The van der Waals surface area contributed by atoms with Crippen LogP contribution in [0.25, 0.3) is 0 Å². The Kier molecular flexibility index (Phi) is 5.93. The van der Waals surface area contributed by atoms with Gasteiger partial charge in [0.15, 0.2) is 11.5 Å². The van der Waals surface area contributed by atoms with Crippen molar-refractivity contribution >= 4 is 11.8 Å². The van der Waals surface area contributed by atoms with Crippen molar-refractivity contribution in [2.45, 2.75) is 39.7 Å². The monoisotopic (exact) mass is 348 g/mol. The number of carbonyl (C=O) groups excluding carboxylic acids is 2. The molecule has 138 valence electrons. The number of piperidine rings is 1. The second kappa shape index (κ2) is 7.76. The van der Waals surface area contributed by atoms with Crippen LogP contribution in [0.3, 0.4) is 0 Å². The lowest BCUT2D eigenvalue weighted by atomic mass is 9.94. The van der Waals surface area contributed by atoms with E-state index in [-0.39, 0.29) is 17.9 Å². The number of hydrogen-bond donors (Lipinski definition) is 1. The van der Waals surface area contributed by atoms with Gasteiger partial charge in [-0.3, -0.25) is 9.59 Å². The van der Waals surface area contributed by atoms with Crippen LogP contribution >= 0.6 is 0 Å². The van der Waals surface area contributed by atoms with Crippen LogP contribution in [0.4, 0.5) is 0 Å². The fraction of sp³-hybridized carbons (Fsp3) is 0.579. The topological polar surface area (TPSA) is 67.9 Å². The largest absolute Gasteiger partial charge is 0.493 e. The molecule has 0 bridgehead atoms. The molecule has 6 nitrogen and oxygen atoms in total. The number of nitrogens with zero attached hydrogens (tertiary/aromatic N) is 1. The minimum absolute atomic E-state index is 0.0263. The van der Waals surface area contributed by atoms with Crippen LogP contribution in [0, 0.1) is 5.41 Å². The number of methoxy groups -OCH3 is 2. The Morgan fingerprint density at radius 3 is 2.20 bits per heavy atom. The molecule has 1 saturated heterocycles. The molecule has 6 heteroatoms. The van der Waals surface area contributed by atoms with Crippen LogP contribution in [0.2, 0.25) is 0 Å². The molecular weight excluding hydrogens is 320 g/mol. The van der Waals surface area contributed by atoms with Crippen LogP contribution in [-0.4, -0.2) is 50.1 Å². The van der Waals surface area contributed by atoms with Crippen LogP contribution in [0.5, 0.6) is 11.5 Å². The smallest absolute Gasteiger partial charge is 0.253 e. The summed E-state index contributed by atoms with van der Waals surface area (Å²) in [5.41, 5.74) is 0.182. The molecule has 2 amide bonds. The van der Waals surface area contributed by atoms with Crippen molar-refractivity contribution in [1.29, 1.82) is 0 Å². The van der Waals surface area contributed by atoms with E-state index in [0.29, 0.717) is 30.2 Å². The number of amides is 2. The molecule has 1 aliphatic rings. The number of likely N-dealkylation sites (tertiary alicyclic amines) is 1. The fourth-order valence-electron chi connectivity index (χ4n) is 2.78. The van der Waals surface area contributed by atoms with E-state index in [1.807, 2.05) is 25.7 Å². The van der Waals surface area contributed by atoms with Crippen LogP contribution in [0.1, 0.15) is 44.0 Å². The minimum atomic E-state index is -0.396. The molecule has 0 atom stereocenters. The second-order valence-electron chi connectivity index (χ2n) is 7.36. The molecule has 0 unspecified atom stereocenters. The zero-order valence-electron chi connectivity index (χ0n) is 15.7. The van der Waals surface area contributed by atoms with Crippen LogP contribution in [0.15, 0.2) is 18.2 Å². The van der Waals surface area contributed by atoms with Gasteiger partial charge in [0.25, 0.3) is 5.91 Å². The molecule has 1 aromatic carbocycles. The molecule has 2 rings (SSSR count). The standard InChI is InChI=1S/C19H28N2O4/c1-19(2,3)18(23)20-14-8-10-21(11-9-14)17(22)13-6-7-15(24-4)16(12-13)25-5/h6-7,12,14H,8-11H2,1-5H3,(H,20,23). The molecule has 0 spiro atoms. The molecule has 25 heavy (non-hydrogen) atoms. The van der Waals surface area contributed by atoms with E-state index in [1.54, 1.807) is 32.4 Å². The van der Waals surface area contributed by atoms with E-state index in [9.17, 15) is 9.59 Å². The number of rotatable bonds is 4. The Balaban J connectivity index is 1.96. The van der Waals surface area contributed by atoms with Crippen molar-refractivity contribution in [2.24, 2.45) is 5.41 Å². The van der Waals surface area contributed by atoms with Crippen molar-refractivity contribution in [3.8, 4) is 11.5 Å². The summed E-state index contributed by atoms with van der Waals surface area (Å²) in [7, 11) is 3.12. The quantitative estimate of drug-likeness (QED) is 0.908. The Bertz CT molecular complexity index is 629. The van der Waals surface area contributed by atoms with Gasteiger partial charge in [0.05, 0.1) is 14.2 Å². The first-order valence-corrected chi connectivity index (χ1v) is 8.58. The predicted molar refractivity (Wildman–Crippen MR) is 96.1 cm³/mol. The first-order chi connectivity index (χ1) is 11.8. The summed E-state index contributed by atoms with van der Waals surface area (Å²) in [5.74, 6) is 1.17. The van der Waals surface area contributed by atoms with Gasteiger partial charge in [0.2, 0.25) is 5.91 Å². The van der Waals surface area contributed by atoms with E-state index in [1.165, 1.54) is 0 Å². The summed E-state index contributed by atoms with van der Waals surface area (Å²) < 4.78 is 10.5. The lowest BCUT2D eigenvalue weighted by molar-refractivity contribution is -0.129. The summed E-state index contributed by atoms with van der Waals surface area (Å²) in [6.07, 6.45) is 1.53. The number of hydrogen-bond acceptors (Lipinski definition) is 4. The molecule has 0 aliphatic carbocycles. The molecule has 0 saturated carbocycles. The lowest BCUT2D eigenvalue weighted by Gasteiger charge is -2.33. The summed E-state index contributed by atoms with van der Waals surface area (Å²) in [6.45, 7) is 6.96. The van der Waals surface area contributed by atoms with E-state index in [0.717, 1.165) is 12.8 Å². The minimum Gasteiger partial charge on any atom is -0.493 e. The molecule has 1 aromatic rings. The van der Waals surface area contributed by atoms with Gasteiger partial charge in [0.1, 0.15) is 0 Å². The average molecular weight is 348 g/mol. The van der Waals surface area contributed by atoms with Gasteiger partial charge in [-0.2, -0.15) is 0 Å². The van der Waals surface area contributed by atoms with Crippen molar-refractivity contribution in [2.75, 3.05) is 27.3 Å². The highest BCUT2D eigenvalue weighted by Gasteiger charge is 2.28. The maximum atomic E-state index is 12.7. The van der Waals surface area contributed by atoms with Gasteiger partial charge in [0, 0.05) is 30.1 Å². The second-order valence-corrected chi connectivity index (χ2v) is 7.36. The molecule has 0 radical (unpaired) electrons. The third-order valence-corrected chi connectivity index (χ3v) is 4.43. The third kappa shape index (κ3) is 4.65. The Morgan fingerprint density at radius 2 is 1.68 bits per heavy atom. The highest BCUT2D eigenvalue weighted by molar-refractivity contribution is 5.95. The average Bonchev–Trinajstić information content (AvgIpc) is 2.60. The third-order valence-electron chi connectivity index (χ3n) is 4.43. The maximum Gasteiger partial charge on any atom is 0.253 e. The molecule has 1 aliphatic heterocycles. The van der Waals surface area contributed by atoms with Crippen molar-refractivity contribution in [3.63, 3.8) is 0 Å². The zero-order valence-corrected chi connectivity index (χ0v) is 15.7. The summed E-state index contributed by atoms with van der Waals surface area (Å²) in [6, 6.07) is 5.31. The molecule has 1 heterocycles. The van der Waals surface area contributed by atoms with Crippen LogP contribution < -0.4 is 14.8 Å². The van der Waals surface area contributed by atoms with E-state index in [2.05, 4.69) is 5.32 Å². The van der Waals surface area contributed by atoms with E-state index in [4.69, 9.17) is 9.47 Å². The Hall–Kier alpha value is -2.24. The predicted octanol–water partition coefficient (Wildman–Crippen LogP) is 2.47. The molecule has 0 aromatic heterocycles. The van der Waals surface area contributed by atoms with Gasteiger partial charge < -0.3 is 19.7 Å². The van der Waals surface area contributed by atoms with E-state index < -0.39 is 5.41 Å². The molecular formula is C19H28N2O4. The SMILES string of the molecule is COc1ccc(C(=O)N2CCC(NC(=O)C(C)(C)C)CC2)cc1OC. The van der Waals surface area contributed by atoms with Crippen molar-refractivity contribution in [3.05, 3.63) is 23.8 Å². The summed E-state index contributed by atoms with van der Waals surface area (Å²) >= 11 is 0. The van der Waals surface area contributed by atoms with Gasteiger partial charge in [-0.1, -0.05) is 20.8 Å². The van der Waals surface area contributed by atoms with Gasteiger partial charge >= 0.3 is 0 Å². The fourth-order valence-corrected chi connectivity index (χ4v) is 2.78. The summed E-state index contributed by atoms with van der Waals surface area (Å²) in [4.78, 5) is 26.6. The highest BCUT2D eigenvalue weighted by Crippen LogP contribution is 2.28. The van der Waals surface area contributed by atoms with E-state index >= 15 is 0 Å². The van der Waals surface area contributed by atoms with Gasteiger partial charge in [-0.15, -0.1) is 0 Å². The molecule has 1 fully saturated rings. The van der Waals surface area contributed by atoms with Gasteiger partial charge in [-0.25, -0.2) is 0 Å². The number of carbonyl (C=O) groups is 2. The number of benzene rings is 1. The zero-order chi connectivity index (χ0) is 18.6. The Labute approximate surface area is 149 Å². The number of ether oxygens (including phenoxy) is 2. The van der Waals surface area contributed by atoms with Crippen molar-refractivity contribution < 1.29 is 19.1 Å². The normalized spacial score (nSPS) is 15.6. The maximum absolute atomic E-state index is 12.7. The van der Waals surface area contributed by atoms with Crippen LogP contribution in [-0.2, 0) is 4.79 Å². The van der Waals surface area contributed by atoms with Crippen molar-refractivity contribution in [1.82, 2.24) is 10.2 Å². The first-order valence-electron chi connectivity index (χ1n) is 8.58. The lowest BCUT2D eigenvalue weighted by Crippen LogP contribution is -2.49. The van der Waals surface area contributed by atoms with Gasteiger partial charge in [-0.05, 0) is 31.0 Å². The highest BCUT2D eigenvalue weighted by atomic mass is 16.5. The molecule has 1 N–H and O–H groups in total.